The molecule has 5 nitrogen and oxygen atoms in total. The molecule has 0 bridgehead atoms. The first-order valence-electron chi connectivity index (χ1n) is 8.64. The van der Waals surface area contributed by atoms with Crippen LogP contribution in [0.25, 0.3) is 11.3 Å². The van der Waals surface area contributed by atoms with Crippen molar-refractivity contribution >= 4 is 11.7 Å². The van der Waals surface area contributed by atoms with E-state index in [1.54, 1.807) is 6.20 Å². The minimum atomic E-state index is -0.0643. The number of carbonyl (C=O) groups excluding carboxylic acids is 1. The number of hydrogen-bond acceptors (Lipinski definition) is 3. The van der Waals surface area contributed by atoms with Gasteiger partial charge in [-0.25, -0.2) is 4.79 Å². The molecule has 0 saturated carbocycles. The Balaban J connectivity index is 1.86. The van der Waals surface area contributed by atoms with E-state index < -0.39 is 0 Å². The fraction of sp³-hybridized carbons (Fsp3) is 0.350. The molecule has 3 rings (SSSR count). The number of benzene rings is 1. The molecule has 2 unspecified atom stereocenters. The summed E-state index contributed by atoms with van der Waals surface area (Å²) in [6.07, 6.45) is 4.06. The quantitative estimate of drug-likeness (QED) is 0.910. The highest BCUT2D eigenvalue weighted by Gasteiger charge is 2.37. The Kier molecular flexibility index (Phi) is 4.99. The second-order valence-electron chi connectivity index (χ2n) is 6.41. The number of nitrogens with one attached hydrogen (secondary N) is 1. The SMILES string of the molecule is CCC1CC(C)N1C(=O)Nc1ccc(CC#N)c(-c2ccccn2)c1. The van der Waals surface area contributed by atoms with Crippen molar-refractivity contribution in [3.05, 3.63) is 48.2 Å². The molecular weight excluding hydrogens is 312 g/mol. The monoisotopic (exact) mass is 334 g/mol. The fourth-order valence-electron chi connectivity index (χ4n) is 3.41. The van der Waals surface area contributed by atoms with Gasteiger partial charge in [0.15, 0.2) is 0 Å². The van der Waals surface area contributed by atoms with Crippen LogP contribution >= 0.6 is 0 Å². The molecule has 1 saturated heterocycles. The lowest BCUT2D eigenvalue weighted by Gasteiger charge is -2.46. The lowest BCUT2D eigenvalue weighted by atomic mass is 9.93. The number of rotatable bonds is 4. The zero-order chi connectivity index (χ0) is 17.8. The predicted molar refractivity (Wildman–Crippen MR) is 98.0 cm³/mol. The fourth-order valence-corrected chi connectivity index (χ4v) is 3.41. The summed E-state index contributed by atoms with van der Waals surface area (Å²) < 4.78 is 0. The van der Waals surface area contributed by atoms with Gasteiger partial charge in [-0.3, -0.25) is 4.98 Å². The molecule has 25 heavy (non-hydrogen) atoms. The molecule has 128 valence electrons. The van der Waals surface area contributed by atoms with E-state index in [4.69, 9.17) is 5.26 Å². The number of aromatic nitrogens is 1. The average Bonchev–Trinajstić information content (AvgIpc) is 2.61. The first-order valence-corrected chi connectivity index (χ1v) is 8.64. The van der Waals surface area contributed by atoms with Crippen LogP contribution in [0.15, 0.2) is 42.6 Å². The molecule has 1 aromatic carbocycles. The third-order valence-corrected chi connectivity index (χ3v) is 4.76. The molecule has 1 fully saturated rings. The summed E-state index contributed by atoms with van der Waals surface area (Å²) in [7, 11) is 0. The topological polar surface area (TPSA) is 69.0 Å². The van der Waals surface area contributed by atoms with Crippen molar-refractivity contribution in [2.45, 2.75) is 45.2 Å². The normalized spacial score (nSPS) is 19.0. The van der Waals surface area contributed by atoms with Crippen molar-refractivity contribution in [2.24, 2.45) is 0 Å². The van der Waals surface area contributed by atoms with Gasteiger partial charge in [-0.1, -0.05) is 19.1 Å². The summed E-state index contributed by atoms with van der Waals surface area (Å²) in [4.78, 5) is 18.9. The second kappa shape index (κ2) is 7.35. The van der Waals surface area contributed by atoms with Crippen LogP contribution in [0.5, 0.6) is 0 Å². The van der Waals surface area contributed by atoms with E-state index in [9.17, 15) is 4.79 Å². The summed E-state index contributed by atoms with van der Waals surface area (Å²) in [5.41, 5.74) is 3.31. The van der Waals surface area contributed by atoms with E-state index in [0.29, 0.717) is 12.5 Å². The van der Waals surface area contributed by atoms with Crippen molar-refractivity contribution in [2.75, 3.05) is 5.32 Å². The predicted octanol–water partition coefficient (Wildman–Crippen LogP) is 4.22. The Morgan fingerprint density at radius 3 is 2.88 bits per heavy atom. The van der Waals surface area contributed by atoms with E-state index in [-0.39, 0.29) is 12.1 Å². The number of urea groups is 1. The van der Waals surface area contributed by atoms with Crippen molar-refractivity contribution in [1.29, 1.82) is 5.26 Å². The first-order chi connectivity index (χ1) is 12.1. The van der Waals surface area contributed by atoms with Gasteiger partial charge in [-0.2, -0.15) is 5.26 Å². The molecule has 0 aliphatic carbocycles. The molecule has 2 aromatic rings. The largest absolute Gasteiger partial charge is 0.322 e. The van der Waals surface area contributed by atoms with Gasteiger partial charge in [0.2, 0.25) is 0 Å². The van der Waals surface area contributed by atoms with Crippen LogP contribution in [0.1, 0.15) is 32.3 Å². The van der Waals surface area contributed by atoms with Crippen molar-refractivity contribution in [1.82, 2.24) is 9.88 Å². The lowest BCUT2D eigenvalue weighted by Crippen LogP contribution is -2.58. The molecule has 2 heterocycles. The summed E-state index contributed by atoms with van der Waals surface area (Å²) in [6, 6.07) is 14.0. The number of amides is 2. The van der Waals surface area contributed by atoms with Crippen molar-refractivity contribution in [3.63, 3.8) is 0 Å². The van der Waals surface area contributed by atoms with E-state index in [2.05, 4.69) is 30.2 Å². The number of pyridine rings is 1. The number of anilines is 1. The summed E-state index contributed by atoms with van der Waals surface area (Å²) in [6.45, 7) is 4.17. The highest BCUT2D eigenvalue weighted by atomic mass is 16.2. The van der Waals surface area contributed by atoms with Crippen LogP contribution in [-0.4, -0.2) is 28.0 Å². The first kappa shape index (κ1) is 17.0. The van der Waals surface area contributed by atoms with Crippen LogP contribution in [-0.2, 0) is 6.42 Å². The van der Waals surface area contributed by atoms with E-state index in [1.165, 1.54) is 0 Å². The molecule has 1 aliphatic rings. The highest BCUT2D eigenvalue weighted by Crippen LogP contribution is 2.30. The number of hydrogen-bond donors (Lipinski definition) is 1. The van der Waals surface area contributed by atoms with Crippen molar-refractivity contribution < 1.29 is 4.79 Å². The standard InChI is InChI=1S/C20H22N4O/c1-3-17-12-14(2)24(17)20(25)23-16-8-7-15(9-10-21)18(13-16)19-6-4-5-11-22-19/h4-8,11,13-14,17H,3,9,12H2,1-2H3,(H,23,25). The van der Waals surface area contributed by atoms with Gasteiger partial charge in [0.1, 0.15) is 0 Å². The summed E-state index contributed by atoms with van der Waals surface area (Å²) in [5.74, 6) is 0. The molecule has 2 atom stereocenters. The Morgan fingerprint density at radius 2 is 2.24 bits per heavy atom. The van der Waals surface area contributed by atoms with Gasteiger partial charge in [0.05, 0.1) is 18.2 Å². The Labute approximate surface area is 148 Å². The Bertz CT molecular complexity index is 797. The van der Waals surface area contributed by atoms with Crippen LogP contribution in [0.2, 0.25) is 0 Å². The van der Waals surface area contributed by atoms with E-state index in [0.717, 1.165) is 35.3 Å². The zero-order valence-electron chi connectivity index (χ0n) is 14.6. The number of carbonyl (C=O) groups is 1. The van der Waals surface area contributed by atoms with Crippen LogP contribution in [0.3, 0.4) is 0 Å². The number of nitriles is 1. The van der Waals surface area contributed by atoms with Crippen LogP contribution in [0, 0.1) is 11.3 Å². The smallest absolute Gasteiger partial charge is 0.319 e. The number of nitrogens with zero attached hydrogens (tertiary/aromatic N) is 3. The average molecular weight is 334 g/mol. The number of likely N-dealkylation sites (tertiary alicyclic amines) is 1. The highest BCUT2D eigenvalue weighted by molar-refractivity contribution is 5.91. The Morgan fingerprint density at radius 1 is 1.40 bits per heavy atom. The van der Waals surface area contributed by atoms with Gasteiger partial charge in [-0.15, -0.1) is 0 Å². The third kappa shape index (κ3) is 3.48. The maximum Gasteiger partial charge on any atom is 0.322 e. The molecule has 0 spiro atoms. The molecule has 0 radical (unpaired) electrons. The van der Waals surface area contributed by atoms with E-state index >= 15 is 0 Å². The molecule has 1 aliphatic heterocycles. The third-order valence-electron chi connectivity index (χ3n) is 4.76. The maximum absolute atomic E-state index is 12.6. The molecule has 2 amide bonds. The molecule has 5 heteroatoms. The van der Waals surface area contributed by atoms with Crippen molar-refractivity contribution in [3.8, 4) is 17.3 Å². The summed E-state index contributed by atoms with van der Waals surface area (Å²) >= 11 is 0. The lowest BCUT2D eigenvalue weighted by molar-refractivity contribution is 0.0688. The van der Waals surface area contributed by atoms with Gasteiger partial charge in [-0.05, 0) is 49.6 Å². The van der Waals surface area contributed by atoms with Gasteiger partial charge in [0, 0.05) is 29.5 Å². The zero-order valence-corrected chi connectivity index (χ0v) is 14.6. The minimum Gasteiger partial charge on any atom is -0.319 e. The summed E-state index contributed by atoms with van der Waals surface area (Å²) in [5, 5.41) is 12.1. The second-order valence-corrected chi connectivity index (χ2v) is 6.41. The van der Waals surface area contributed by atoms with E-state index in [1.807, 2.05) is 41.3 Å². The molecule has 1 N–H and O–H groups in total. The van der Waals surface area contributed by atoms with Gasteiger partial charge < -0.3 is 10.2 Å². The van der Waals surface area contributed by atoms with Gasteiger partial charge >= 0.3 is 6.03 Å². The van der Waals surface area contributed by atoms with Crippen LogP contribution in [0.4, 0.5) is 10.5 Å². The molecular formula is C20H22N4O. The molecule has 1 aromatic heterocycles. The Hall–Kier alpha value is -2.87. The maximum atomic E-state index is 12.6. The van der Waals surface area contributed by atoms with Crippen LogP contribution < -0.4 is 5.32 Å². The minimum absolute atomic E-state index is 0.0643. The van der Waals surface area contributed by atoms with Gasteiger partial charge in [0.25, 0.3) is 0 Å².